The molecule has 1 unspecified atom stereocenters. The Morgan fingerprint density at radius 2 is 2.00 bits per heavy atom. The maximum atomic E-state index is 12.4. The zero-order valence-corrected chi connectivity index (χ0v) is 13.6. The molecule has 21 heavy (non-hydrogen) atoms. The summed E-state index contributed by atoms with van der Waals surface area (Å²) in [7, 11) is 7.56. The van der Waals surface area contributed by atoms with Gasteiger partial charge >= 0.3 is 0 Å². The third kappa shape index (κ3) is 3.25. The number of carbonyl (C=O) groups is 1. The van der Waals surface area contributed by atoms with E-state index in [4.69, 9.17) is 0 Å². The van der Waals surface area contributed by atoms with Crippen LogP contribution in [0.5, 0.6) is 0 Å². The Morgan fingerprint density at radius 3 is 2.62 bits per heavy atom. The first kappa shape index (κ1) is 15.5. The van der Waals surface area contributed by atoms with Gasteiger partial charge in [0.2, 0.25) is 5.91 Å². The van der Waals surface area contributed by atoms with E-state index in [1.165, 1.54) is 0 Å². The van der Waals surface area contributed by atoms with E-state index in [1.54, 1.807) is 11.2 Å². The highest BCUT2D eigenvalue weighted by Crippen LogP contribution is 2.33. The fourth-order valence-corrected chi connectivity index (χ4v) is 2.90. The molecule has 6 heteroatoms. The van der Waals surface area contributed by atoms with E-state index in [-0.39, 0.29) is 11.3 Å². The van der Waals surface area contributed by atoms with Crippen LogP contribution in [0.25, 0.3) is 0 Å². The summed E-state index contributed by atoms with van der Waals surface area (Å²) >= 11 is 0. The number of hydrogen-bond donors (Lipinski definition) is 0. The van der Waals surface area contributed by atoms with Crippen LogP contribution in [0.2, 0.25) is 0 Å². The van der Waals surface area contributed by atoms with E-state index < -0.39 is 0 Å². The number of hydrogen-bond acceptors (Lipinski definition) is 5. The van der Waals surface area contributed by atoms with Gasteiger partial charge in [-0.2, -0.15) is 0 Å². The van der Waals surface area contributed by atoms with Crippen molar-refractivity contribution in [2.75, 3.05) is 51.1 Å². The lowest BCUT2D eigenvalue weighted by atomic mass is 9.80. The van der Waals surface area contributed by atoms with Crippen molar-refractivity contribution in [2.24, 2.45) is 5.41 Å². The average Bonchev–Trinajstić information content (AvgIpc) is 2.46. The van der Waals surface area contributed by atoms with Gasteiger partial charge in [0.05, 0.1) is 5.41 Å². The lowest BCUT2D eigenvalue weighted by molar-refractivity contribution is -0.139. The summed E-state index contributed by atoms with van der Waals surface area (Å²) in [6.07, 6.45) is 3.51. The highest BCUT2D eigenvalue weighted by molar-refractivity contribution is 5.82. The van der Waals surface area contributed by atoms with Gasteiger partial charge in [0.15, 0.2) is 0 Å². The van der Waals surface area contributed by atoms with E-state index >= 15 is 0 Å². The molecule has 1 atom stereocenters. The number of rotatable bonds is 3. The third-order valence-electron chi connectivity index (χ3n) is 4.04. The average molecular weight is 291 g/mol. The molecule has 1 aliphatic rings. The molecular weight excluding hydrogens is 266 g/mol. The predicted octanol–water partition coefficient (Wildman–Crippen LogP) is 1.24. The molecule has 0 aliphatic carbocycles. The maximum absolute atomic E-state index is 12.4. The Kier molecular flexibility index (Phi) is 4.34. The molecule has 0 bridgehead atoms. The van der Waals surface area contributed by atoms with Crippen molar-refractivity contribution in [3.8, 4) is 0 Å². The fourth-order valence-electron chi connectivity index (χ4n) is 2.90. The minimum absolute atomic E-state index is 0.189. The molecule has 1 saturated heterocycles. The van der Waals surface area contributed by atoms with Crippen LogP contribution < -0.4 is 9.80 Å². The van der Waals surface area contributed by atoms with E-state index in [1.807, 2.05) is 39.2 Å². The van der Waals surface area contributed by atoms with Gasteiger partial charge in [0.25, 0.3) is 0 Å². The first-order valence-electron chi connectivity index (χ1n) is 7.29. The quantitative estimate of drug-likeness (QED) is 0.838. The largest absolute Gasteiger partial charge is 0.363 e. The first-order chi connectivity index (χ1) is 9.83. The van der Waals surface area contributed by atoms with Gasteiger partial charge in [-0.3, -0.25) is 4.79 Å². The standard InChI is InChI=1S/C15H25N5O/c1-15(14(21)19(4)5)7-6-8-20(10-15)13-9-12(18(2)3)16-11-17-13/h9,11H,6-8,10H2,1-5H3. The SMILES string of the molecule is CN(C)C(=O)C1(C)CCCN(c2cc(N(C)C)ncn2)C1. The van der Waals surface area contributed by atoms with E-state index in [2.05, 4.69) is 21.8 Å². The van der Waals surface area contributed by atoms with Crippen LogP contribution in [0.3, 0.4) is 0 Å². The van der Waals surface area contributed by atoms with Gasteiger partial charge in [-0.15, -0.1) is 0 Å². The molecule has 1 amide bonds. The smallest absolute Gasteiger partial charge is 0.229 e. The number of aromatic nitrogens is 2. The summed E-state index contributed by atoms with van der Waals surface area (Å²) in [5.74, 6) is 1.96. The minimum atomic E-state index is -0.342. The van der Waals surface area contributed by atoms with Crippen molar-refractivity contribution in [3.05, 3.63) is 12.4 Å². The van der Waals surface area contributed by atoms with E-state index in [9.17, 15) is 4.79 Å². The molecular formula is C15H25N5O. The second-order valence-electron chi connectivity index (χ2n) is 6.41. The van der Waals surface area contributed by atoms with Crippen LogP contribution in [0.15, 0.2) is 12.4 Å². The highest BCUT2D eigenvalue weighted by Gasteiger charge is 2.39. The molecule has 0 N–H and O–H groups in total. The van der Waals surface area contributed by atoms with Gasteiger partial charge in [0, 0.05) is 47.3 Å². The molecule has 0 spiro atoms. The zero-order chi connectivity index (χ0) is 15.6. The number of anilines is 2. The van der Waals surface area contributed by atoms with Crippen molar-refractivity contribution < 1.29 is 4.79 Å². The summed E-state index contributed by atoms with van der Waals surface area (Å²) in [4.78, 5) is 26.9. The van der Waals surface area contributed by atoms with Gasteiger partial charge in [-0.25, -0.2) is 9.97 Å². The van der Waals surface area contributed by atoms with Crippen LogP contribution in [0.1, 0.15) is 19.8 Å². The summed E-state index contributed by atoms with van der Waals surface area (Å²) in [6, 6.07) is 1.98. The van der Waals surface area contributed by atoms with Crippen LogP contribution in [0, 0.1) is 5.41 Å². The number of amides is 1. The Morgan fingerprint density at radius 1 is 1.29 bits per heavy atom. The topological polar surface area (TPSA) is 52.6 Å². The molecule has 0 aromatic carbocycles. The second kappa shape index (κ2) is 5.87. The van der Waals surface area contributed by atoms with Crippen molar-refractivity contribution in [1.82, 2.24) is 14.9 Å². The molecule has 1 aromatic heterocycles. The Labute approximate surface area is 126 Å². The molecule has 2 rings (SSSR count). The van der Waals surface area contributed by atoms with Crippen LogP contribution in [-0.2, 0) is 4.79 Å². The van der Waals surface area contributed by atoms with Crippen molar-refractivity contribution in [2.45, 2.75) is 19.8 Å². The second-order valence-corrected chi connectivity index (χ2v) is 6.41. The third-order valence-corrected chi connectivity index (χ3v) is 4.04. The van der Waals surface area contributed by atoms with Crippen LogP contribution >= 0.6 is 0 Å². The van der Waals surface area contributed by atoms with Crippen molar-refractivity contribution in [3.63, 3.8) is 0 Å². The Bertz CT molecular complexity index is 517. The normalized spacial score (nSPS) is 22.0. The van der Waals surface area contributed by atoms with Gasteiger partial charge in [0.1, 0.15) is 18.0 Å². The number of carbonyl (C=O) groups excluding carboxylic acids is 1. The van der Waals surface area contributed by atoms with Gasteiger partial charge in [-0.05, 0) is 19.8 Å². The fraction of sp³-hybridized carbons (Fsp3) is 0.667. The Balaban J connectivity index is 2.21. The molecule has 6 nitrogen and oxygen atoms in total. The van der Waals surface area contributed by atoms with Crippen molar-refractivity contribution >= 4 is 17.5 Å². The van der Waals surface area contributed by atoms with E-state index in [0.29, 0.717) is 6.54 Å². The maximum Gasteiger partial charge on any atom is 0.229 e. The molecule has 1 aromatic rings. The number of piperidine rings is 1. The summed E-state index contributed by atoms with van der Waals surface area (Å²) in [5, 5.41) is 0. The summed E-state index contributed by atoms with van der Waals surface area (Å²) in [6.45, 7) is 3.68. The molecule has 2 heterocycles. The molecule has 116 valence electrons. The summed E-state index contributed by atoms with van der Waals surface area (Å²) < 4.78 is 0. The highest BCUT2D eigenvalue weighted by atomic mass is 16.2. The molecule has 0 radical (unpaired) electrons. The molecule has 1 fully saturated rings. The monoisotopic (exact) mass is 291 g/mol. The first-order valence-corrected chi connectivity index (χ1v) is 7.29. The minimum Gasteiger partial charge on any atom is -0.363 e. The van der Waals surface area contributed by atoms with Crippen molar-refractivity contribution in [1.29, 1.82) is 0 Å². The Hall–Kier alpha value is -1.85. The molecule has 1 aliphatic heterocycles. The van der Waals surface area contributed by atoms with Gasteiger partial charge in [-0.1, -0.05) is 0 Å². The lowest BCUT2D eigenvalue weighted by Gasteiger charge is -2.41. The zero-order valence-electron chi connectivity index (χ0n) is 13.6. The lowest BCUT2D eigenvalue weighted by Crippen LogP contribution is -2.50. The van der Waals surface area contributed by atoms with Crippen LogP contribution in [-0.4, -0.2) is 62.1 Å². The molecule has 0 saturated carbocycles. The van der Waals surface area contributed by atoms with Gasteiger partial charge < -0.3 is 14.7 Å². The number of nitrogens with zero attached hydrogens (tertiary/aromatic N) is 5. The van der Waals surface area contributed by atoms with E-state index in [0.717, 1.165) is 31.0 Å². The summed E-state index contributed by atoms with van der Waals surface area (Å²) in [5.41, 5.74) is -0.342. The predicted molar refractivity (Wildman–Crippen MR) is 84.6 cm³/mol. The van der Waals surface area contributed by atoms with Crippen LogP contribution in [0.4, 0.5) is 11.6 Å².